The third kappa shape index (κ3) is 3.68. The van der Waals surface area contributed by atoms with Crippen LogP contribution in [0.25, 0.3) is 0 Å². The zero-order chi connectivity index (χ0) is 13.9. The molecule has 20 heavy (non-hydrogen) atoms. The molecule has 1 aromatic heterocycles. The summed E-state index contributed by atoms with van der Waals surface area (Å²) < 4.78 is 19.2. The Morgan fingerprint density at radius 2 is 2.05 bits per heavy atom. The molecule has 0 aliphatic heterocycles. The van der Waals surface area contributed by atoms with E-state index in [1.54, 1.807) is 12.3 Å². The number of halogens is 2. The number of ether oxygens (including phenoxy) is 1. The summed E-state index contributed by atoms with van der Waals surface area (Å²) in [6.45, 7) is 0.645. The van der Waals surface area contributed by atoms with Gasteiger partial charge in [-0.15, -0.1) is 0 Å². The van der Waals surface area contributed by atoms with Crippen LogP contribution in [0.1, 0.15) is 18.4 Å². The predicted molar refractivity (Wildman–Crippen MR) is 75.6 cm³/mol. The maximum atomic E-state index is 13.6. The van der Waals surface area contributed by atoms with E-state index in [0.29, 0.717) is 29.1 Å². The third-order valence-corrected chi connectivity index (χ3v) is 3.23. The average molecular weight is 293 g/mol. The van der Waals surface area contributed by atoms with Crippen molar-refractivity contribution in [2.45, 2.75) is 25.4 Å². The molecule has 104 valence electrons. The highest BCUT2D eigenvalue weighted by Crippen LogP contribution is 2.25. The van der Waals surface area contributed by atoms with Gasteiger partial charge in [0.25, 0.3) is 0 Å². The molecule has 2 aromatic rings. The minimum atomic E-state index is -0.315. The van der Waals surface area contributed by atoms with Crippen LogP contribution in [0.2, 0.25) is 5.02 Å². The van der Waals surface area contributed by atoms with Crippen LogP contribution in [0, 0.1) is 5.82 Å². The Kier molecular flexibility index (Phi) is 3.85. The summed E-state index contributed by atoms with van der Waals surface area (Å²) in [4.78, 5) is 3.93. The number of pyridine rings is 1. The van der Waals surface area contributed by atoms with Crippen LogP contribution in [0.15, 0.2) is 36.7 Å². The van der Waals surface area contributed by atoms with Gasteiger partial charge in [0.05, 0.1) is 11.2 Å². The highest BCUT2D eigenvalue weighted by molar-refractivity contribution is 6.30. The Labute approximate surface area is 121 Å². The molecule has 1 N–H and O–H groups in total. The lowest BCUT2D eigenvalue weighted by atomic mass is 10.2. The van der Waals surface area contributed by atoms with Gasteiger partial charge in [0, 0.05) is 30.9 Å². The topological polar surface area (TPSA) is 34.1 Å². The zero-order valence-electron chi connectivity index (χ0n) is 10.8. The van der Waals surface area contributed by atoms with Crippen LogP contribution in [0.3, 0.4) is 0 Å². The van der Waals surface area contributed by atoms with Gasteiger partial charge in [-0.2, -0.15) is 0 Å². The van der Waals surface area contributed by atoms with Crippen molar-refractivity contribution in [3.63, 3.8) is 0 Å². The van der Waals surface area contributed by atoms with Crippen LogP contribution in [-0.2, 0) is 6.54 Å². The van der Waals surface area contributed by atoms with Crippen LogP contribution in [0.5, 0.6) is 11.5 Å². The van der Waals surface area contributed by atoms with E-state index in [1.165, 1.54) is 31.2 Å². The Bertz CT molecular complexity index is 617. The van der Waals surface area contributed by atoms with Crippen molar-refractivity contribution in [2.75, 3.05) is 0 Å². The molecule has 0 bridgehead atoms. The number of nitrogens with zero attached hydrogens (tertiary/aromatic N) is 1. The summed E-state index contributed by atoms with van der Waals surface area (Å²) in [6.07, 6.45) is 5.46. The molecular weight excluding hydrogens is 279 g/mol. The number of rotatable bonds is 5. The van der Waals surface area contributed by atoms with E-state index in [9.17, 15) is 4.39 Å². The third-order valence-electron chi connectivity index (χ3n) is 3.02. The summed E-state index contributed by atoms with van der Waals surface area (Å²) in [5, 5.41) is 3.83. The van der Waals surface area contributed by atoms with E-state index in [-0.39, 0.29) is 5.82 Å². The maximum absolute atomic E-state index is 13.6. The first-order chi connectivity index (χ1) is 9.69. The molecule has 0 amide bonds. The van der Waals surface area contributed by atoms with Crippen molar-refractivity contribution >= 4 is 11.6 Å². The van der Waals surface area contributed by atoms with Gasteiger partial charge in [0.15, 0.2) is 0 Å². The van der Waals surface area contributed by atoms with Gasteiger partial charge >= 0.3 is 0 Å². The van der Waals surface area contributed by atoms with Crippen molar-refractivity contribution in [3.8, 4) is 11.5 Å². The second kappa shape index (κ2) is 5.77. The molecule has 0 spiro atoms. The molecule has 0 saturated heterocycles. The number of aromatic nitrogens is 1. The molecule has 1 aromatic carbocycles. The van der Waals surface area contributed by atoms with Crippen LogP contribution in [-0.4, -0.2) is 11.0 Å². The van der Waals surface area contributed by atoms with E-state index in [2.05, 4.69) is 10.3 Å². The zero-order valence-corrected chi connectivity index (χ0v) is 11.5. The van der Waals surface area contributed by atoms with E-state index in [1.807, 2.05) is 6.07 Å². The highest BCUT2D eigenvalue weighted by atomic mass is 35.5. The van der Waals surface area contributed by atoms with Gasteiger partial charge in [0.2, 0.25) is 0 Å². The predicted octanol–water partition coefficient (Wildman–Crippen LogP) is 3.92. The average Bonchev–Trinajstić information content (AvgIpc) is 3.20. The number of hydrogen-bond donors (Lipinski definition) is 1. The number of benzene rings is 1. The molecule has 1 saturated carbocycles. The summed E-state index contributed by atoms with van der Waals surface area (Å²) in [5.74, 6) is 0.621. The Morgan fingerprint density at radius 1 is 1.20 bits per heavy atom. The van der Waals surface area contributed by atoms with Gasteiger partial charge in [-0.1, -0.05) is 11.6 Å². The van der Waals surface area contributed by atoms with Gasteiger partial charge in [-0.05, 0) is 30.5 Å². The maximum Gasteiger partial charge on any atom is 0.147 e. The first-order valence-corrected chi connectivity index (χ1v) is 6.88. The molecule has 3 nitrogen and oxygen atoms in total. The van der Waals surface area contributed by atoms with Gasteiger partial charge in [-0.3, -0.25) is 4.98 Å². The second-order valence-corrected chi connectivity index (χ2v) is 5.33. The molecular formula is C15H14ClFN2O. The SMILES string of the molecule is Fc1cc(CNC2CC2)cc(Oc2cncc(Cl)c2)c1. The van der Waals surface area contributed by atoms with E-state index in [0.717, 1.165) is 5.56 Å². The fraction of sp³-hybridized carbons (Fsp3) is 0.267. The lowest BCUT2D eigenvalue weighted by Crippen LogP contribution is -2.15. The van der Waals surface area contributed by atoms with Gasteiger partial charge in [-0.25, -0.2) is 4.39 Å². The van der Waals surface area contributed by atoms with Crippen molar-refractivity contribution in [1.29, 1.82) is 0 Å². The molecule has 1 heterocycles. The lowest BCUT2D eigenvalue weighted by molar-refractivity contribution is 0.473. The van der Waals surface area contributed by atoms with Crippen molar-refractivity contribution in [3.05, 3.63) is 53.1 Å². The smallest absolute Gasteiger partial charge is 0.147 e. The van der Waals surface area contributed by atoms with Gasteiger partial charge < -0.3 is 10.1 Å². The summed E-state index contributed by atoms with van der Waals surface area (Å²) in [5.41, 5.74) is 0.863. The fourth-order valence-electron chi connectivity index (χ4n) is 1.92. The second-order valence-electron chi connectivity index (χ2n) is 4.89. The fourth-order valence-corrected chi connectivity index (χ4v) is 2.08. The molecule has 1 aliphatic carbocycles. The standard InChI is InChI=1S/C15H14ClFN2O/c16-11-5-15(9-18-8-11)20-14-4-10(3-12(17)6-14)7-19-13-1-2-13/h3-6,8-9,13,19H,1-2,7H2. The van der Waals surface area contributed by atoms with Crippen molar-refractivity contribution < 1.29 is 9.13 Å². The lowest BCUT2D eigenvalue weighted by Gasteiger charge is -2.09. The Morgan fingerprint density at radius 3 is 2.80 bits per heavy atom. The first-order valence-electron chi connectivity index (χ1n) is 6.50. The largest absolute Gasteiger partial charge is 0.456 e. The molecule has 1 fully saturated rings. The van der Waals surface area contributed by atoms with Crippen molar-refractivity contribution in [2.24, 2.45) is 0 Å². The monoisotopic (exact) mass is 292 g/mol. The molecule has 0 radical (unpaired) electrons. The van der Waals surface area contributed by atoms with Gasteiger partial charge in [0.1, 0.15) is 17.3 Å². The number of hydrogen-bond acceptors (Lipinski definition) is 3. The molecule has 0 atom stereocenters. The minimum absolute atomic E-state index is 0.315. The number of nitrogens with one attached hydrogen (secondary N) is 1. The van der Waals surface area contributed by atoms with Crippen LogP contribution in [0.4, 0.5) is 4.39 Å². The minimum Gasteiger partial charge on any atom is -0.456 e. The van der Waals surface area contributed by atoms with E-state index >= 15 is 0 Å². The molecule has 0 unspecified atom stereocenters. The molecule has 5 heteroatoms. The van der Waals surface area contributed by atoms with Crippen LogP contribution < -0.4 is 10.1 Å². The summed E-state index contributed by atoms with van der Waals surface area (Å²) >= 11 is 5.84. The normalized spacial score (nSPS) is 14.3. The Hall–Kier alpha value is -1.65. The summed E-state index contributed by atoms with van der Waals surface area (Å²) in [6, 6.07) is 6.90. The van der Waals surface area contributed by atoms with Crippen LogP contribution >= 0.6 is 11.6 Å². The molecule has 3 rings (SSSR count). The van der Waals surface area contributed by atoms with Crippen molar-refractivity contribution in [1.82, 2.24) is 10.3 Å². The van der Waals surface area contributed by atoms with E-state index < -0.39 is 0 Å². The molecule has 1 aliphatic rings. The van der Waals surface area contributed by atoms with E-state index in [4.69, 9.17) is 16.3 Å². The quantitative estimate of drug-likeness (QED) is 0.907. The Balaban J connectivity index is 1.74. The first kappa shape index (κ1) is 13.3. The summed E-state index contributed by atoms with van der Waals surface area (Å²) in [7, 11) is 0. The highest BCUT2D eigenvalue weighted by Gasteiger charge is 2.20.